The highest BCUT2D eigenvalue weighted by Crippen LogP contribution is 2.37. The summed E-state index contributed by atoms with van der Waals surface area (Å²) in [6.45, 7) is 2.65. The topological polar surface area (TPSA) is 71.1 Å². The molecule has 1 saturated carbocycles. The third-order valence-electron chi connectivity index (χ3n) is 5.34. The van der Waals surface area contributed by atoms with Gasteiger partial charge in [-0.05, 0) is 37.8 Å². The molecule has 1 aliphatic heterocycles. The Morgan fingerprint density at radius 3 is 2.92 bits per heavy atom. The van der Waals surface area contributed by atoms with Crippen molar-refractivity contribution in [3.8, 4) is 11.3 Å². The molecule has 1 aliphatic carbocycles. The zero-order valence-corrected chi connectivity index (χ0v) is 15.2. The molecule has 1 N–H and O–H groups in total. The van der Waals surface area contributed by atoms with E-state index in [9.17, 15) is 4.79 Å². The van der Waals surface area contributed by atoms with Crippen LogP contribution in [0.3, 0.4) is 0 Å². The minimum atomic E-state index is -0.0962. The fourth-order valence-corrected chi connectivity index (χ4v) is 3.58. The third-order valence-corrected chi connectivity index (χ3v) is 5.34. The van der Waals surface area contributed by atoms with E-state index in [-0.39, 0.29) is 18.1 Å². The van der Waals surface area contributed by atoms with Crippen LogP contribution in [0.2, 0.25) is 0 Å². The molecule has 2 aromatic rings. The summed E-state index contributed by atoms with van der Waals surface area (Å²) >= 11 is 0. The maximum Gasteiger partial charge on any atom is 0.247 e. The minimum absolute atomic E-state index is 0.0329. The van der Waals surface area contributed by atoms with Crippen LogP contribution in [0.5, 0.6) is 0 Å². The number of aromatic amines is 1. The number of nitrogens with one attached hydrogen (secondary N) is 1. The molecule has 2 atom stereocenters. The first-order valence-corrected chi connectivity index (χ1v) is 9.12. The molecule has 136 valence electrons. The predicted molar refractivity (Wildman–Crippen MR) is 98.2 cm³/mol. The molecule has 6 heteroatoms. The van der Waals surface area contributed by atoms with E-state index in [1.807, 2.05) is 17.0 Å². The molecule has 1 amide bonds. The first-order valence-electron chi connectivity index (χ1n) is 9.12. The number of methoxy groups -OCH3 is 1. The van der Waals surface area contributed by atoms with Crippen molar-refractivity contribution >= 4 is 5.91 Å². The van der Waals surface area contributed by atoms with Gasteiger partial charge in [-0.2, -0.15) is 0 Å². The zero-order chi connectivity index (χ0) is 18.1. The lowest BCUT2D eigenvalue weighted by atomic mass is 10.1. The van der Waals surface area contributed by atoms with Crippen molar-refractivity contribution < 1.29 is 9.53 Å². The van der Waals surface area contributed by atoms with Gasteiger partial charge < -0.3 is 14.6 Å². The first-order chi connectivity index (χ1) is 12.7. The molecular weight excluding hydrogens is 328 g/mol. The van der Waals surface area contributed by atoms with E-state index < -0.39 is 0 Å². The number of imidazole rings is 1. The number of amides is 1. The molecule has 2 fully saturated rings. The number of hydrogen-bond donors (Lipinski definition) is 1. The summed E-state index contributed by atoms with van der Waals surface area (Å²) in [5, 5.41) is 0. The van der Waals surface area contributed by atoms with Gasteiger partial charge in [-0.3, -0.25) is 9.78 Å². The predicted octanol–water partition coefficient (Wildman–Crippen LogP) is 3.12. The number of ether oxygens (including phenoxy) is 1. The number of allylic oxidation sites excluding steroid dienone is 1. The van der Waals surface area contributed by atoms with Gasteiger partial charge in [0.1, 0.15) is 5.82 Å². The average Bonchev–Trinajstić information content (AvgIpc) is 3.24. The zero-order valence-electron chi connectivity index (χ0n) is 15.2. The van der Waals surface area contributed by atoms with Crippen molar-refractivity contribution in [1.82, 2.24) is 19.9 Å². The van der Waals surface area contributed by atoms with Crippen LogP contribution >= 0.6 is 0 Å². The summed E-state index contributed by atoms with van der Waals surface area (Å²) in [6, 6.07) is 3.79. The summed E-state index contributed by atoms with van der Waals surface area (Å²) < 4.78 is 5.53. The number of pyridine rings is 1. The summed E-state index contributed by atoms with van der Waals surface area (Å²) in [6.07, 6.45) is 10.3. The number of carbonyl (C=O) groups is 1. The number of H-pyrrole nitrogens is 1. The maximum absolute atomic E-state index is 12.9. The van der Waals surface area contributed by atoms with Crippen LogP contribution in [0, 0.1) is 5.92 Å². The maximum atomic E-state index is 12.9. The third kappa shape index (κ3) is 3.42. The van der Waals surface area contributed by atoms with Gasteiger partial charge in [-0.25, -0.2) is 4.98 Å². The molecular formula is C20H24N4O2. The molecule has 0 spiro atoms. The Hall–Kier alpha value is -2.47. The fourth-order valence-electron chi connectivity index (χ4n) is 3.58. The van der Waals surface area contributed by atoms with Crippen molar-refractivity contribution in [2.75, 3.05) is 13.7 Å². The smallest absolute Gasteiger partial charge is 0.247 e. The van der Waals surface area contributed by atoms with Crippen molar-refractivity contribution in [3.63, 3.8) is 0 Å². The van der Waals surface area contributed by atoms with E-state index in [0.717, 1.165) is 23.5 Å². The first kappa shape index (κ1) is 17.0. The highest BCUT2D eigenvalue weighted by Gasteiger charge is 2.37. The van der Waals surface area contributed by atoms with Gasteiger partial charge >= 0.3 is 0 Å². The molecule has 2 aliphatic rings. The van der Waals surface area contributed by atoms with Gasteiger partial charge in [0.25, 0.3) is 0 Å². The van der Waals surface area contributed by atoms with E-state index in [1.54, 1.807) is 31.8 Å². The molecule has 26 heavy (non-hydrogen) atoms. The van der Waals surface area contributed by atoms with Crippen LogP contribution in [-0.4, -0.2) is 45.5 Å². The average molecular weight is 352 g/mol. The monoisotopic (exact) mass is 352 g/mol. The van der Waals surface area contributed by atoms with E-state index >= 15 is 0 Å². The lowest BCUT2D eigenvalue weighted by Gasteiger charge is -2.21. The van der Waals surface area contributed by atoms with Gasteiger partial charge in [0.15, 0.2) is 0 Å². The van der Waals surface area contributed by atoms with Crippen molar-refractivity contribution in [2.24, 2.45) is 5.92 Å². The fraction of sp³-hybridized carbons (Fsp3) is 0.450. The van der Waals surface area contributed by atoms with Crippen LogP contribution in [0.4, 0.5) is 0 Å². The van der Waals surface area contributed by atoms with E-state index in [0.29, 0.717) is 12.5 Å². The van der Waals surface area contributed by atoms with E-state index in [1.165, 1.54) is 18.4 Å². The molecule has 2 aromatic heterocycles. The highest BCUT2D eigenvalue weighted by atomic mass is 16.5. The van der Waals surface area contributed by atoms with E-state index in [4.69, 9.17) is 4.74 Å². The largest absolute Gasteiger partial charge is 0.380 e. The van der Waals surface area contributed by atoms with Crippen molar-refractivity contribution in [1.29, 1.82) is 0 Å². The number of likely N-dealkylation sites (tertiary alicyclic amines) is 1. The minimum Gasteiger partial charge on any atom is -0.380 e. The molecule has 1 saturated heterocycles. The number of hydrogen-bond acceptors (Lipinski definition) is 4. The summed E-state index contributed by atoms with van der Waals surface area (Å²) in [5.41, 5.74) is 3.08. The Morgan fingerprint density at radius 2 is 2.23 bits per heavy atom. The number of aromatic nitrogens is 3. The number of rotatable bonds is 5. The summed E-state index contributed by atoms with van der Waals surface area (Å²) in [4.78, 5) is 26.8. The second-order valence-corrected chi connectivity index (χ2v) is 7.19. The molecule has 6 nitrogen and oxygen atoms in total. The van der Waals surface area contributed by atoms with Gasteiger partial charge in [0.2, 0.25) is 5.91 Å². The summed E-state index contributed by atoms with van der Waals surface area (Å²) in [7, 11) is 1.70. The second-order valence-electron chi connectivity index (χ2n) is 7.19. The van der Waals surface area contributed by atoms with E-state index in [2.05, 4.69) is 21.9 Å². The normalized spacial score (nSPS) is 23.5. The Balaban J connectivity index is 1.57. The van der Waals surface area contributed by atoms with Gasteiger partial charge in [-0.15, -0.1) is 0 Å². The van der Waals surface area contributed by atoms with Crippen LogP contribution in [0.1, 0.15) is 38.1 Å². The van der Waals surface area contributed by atoms with Gasteiger partial charge in [-0.1, -0.05) is 5.57 Å². The molecule has 0 radical (unpaired) electrons. The second kappa shape index (κ2) is 7.03. The Kier molecular flexibility index (Phi) is 4.59. The molecule has 0 unspecified atom stereocenters. The van der Waals surface area contributed by atoms with Crippen LogP contribution in [-0.2, 0) is 9.53 Å². The number of carbonyl (C=O) groups excluding carboxylic acids is 1. The van der Waals surface area contributed by atoms with Gasteiger partial charge in [0.05, 0.1) is 24.0 Å². The molecule has 3 heterocycles. The number of nitrogens with zero attached hydrogens (tertiary/aromatic N) is 3. The summed E-state index contributed by atoms with van der Waals surface area (Å²) in [5.74, 6) is 1.45. The lowest BCUT2D eigenvalue weighted by Crippen LogP contribution is -2.31. The lowest BCUT2D eigenvalue weighted by molar-refractivity contribution is -0.127. The molecule has 0 bridgehead atoms. The van der Waals surface area contributed by atoms with Crippen LogP contribution < -0.4 is 0 Å². The van der Waals surface area contributed by atoms with Crippen LogP contribution in [0.25, 0.3) is 11.3 Å². The quantitative estimate of drug-likeness (QED) is 0.839. The van der Waals surface area contributed by atoms with Crippen molar-refractivity contribution in [2.45, 2.75) is 38.3 Å². The van der Waals surface area contributed by atoms with Crippen LogP contribution in [0.15, 0.2) is 42.4 Å². The SMILES string of the molecule is CO[C@@H]1C[C@@H](c2ncc(-c3cccnc3)[nH]2)N(C(=O)/C=C(\C)C2CC2)C1. The Bertz CT molecular complexity index is 810. The highest BCUT2D eigenvalue weighted by molar-refractivity contribution is 5.89. The molecule has 4 rings (SSSR count). The van der Waals surface area contributed by atoms with Crippen molar-refractivity contribution in [3.05, 3.63) is 48.2 Å². The molecule has 0 aromatic carbocycles. The Labute approximate surface area is 153 Å². The van der Waals surface area contributed by atoms with Gasteiger partial charge in [0, 0.05) is 44.1 Å². The Morgan fingerprint density at radius 1 is 1.38 bits per heavy atom. The standard InChI is InChI=1S/C20H24N4O2/c1-13(14-5-6-14)8-19(25)24-12-16(26-2)9-18(24)20-22-11-17(23-20)15-4-3-7-21-10-15/h3-4,7-8,10-11,14,16,18H,5-6,9,12H2,1-2H3,(H,22,23)/b13-8+/t16-,18+/m1/s1.